The number of hydrogen-bond donors (Lipinski definition) is 2. The minimum absolute atomic E-state index is 0.0202. The summed E-state index contributed by atoms with van der Waals surface area (Å²) in [6, 6.07) is 2.24. The number of aliphatic hydroxyl groups excluding tert-OH is 2. The Kier molecular flexibility index (Phi) is 7.95. The second-order valence-corrected chi connectivity index (χ2v) is 10.8. The molecule has 2 rings (SSSR count). The lowest BCUT2D eigenvalue weighted by molar-refractivity contribution is -0.191. The number of nitriles is 1. The Morgan fingerprint density at radius 2 is 1.93 bits per heavy atom. The minimum atomic E-state index is -1.29. The van der Waals surface area contributed by atoms with Crippen molar-refractivity contribution < 1.29 is 29.2 Å². The van der Waals surface area contributed by atoms with Gasteiger partial charge in [-0.25, -0.2) is 0 Å². The molecule has 0 spiro atoms. The van der Waals surface area contributed by atoms with Crippen LogP contribution < -0.4 is 0 Å². The Bertz CT molecular complexity index is 635. The van der Waals surface area contributed by atoms with E-state index in [1.54, 1.807) is 0 Å². The van der Waals surface area contributed by atoms with E-state index >= 15 is 0 Å². The first-order valence-corrected chi connectivity index (χ1v) is 11.0. The van der Waals surface area contributed by atoms with Gasteiger partial charge < -0.3 is 24.4 Å². The number of carbonyl (C=O) groups excluding carboxylic acids is 1. The molecular weight excluding hydrogens is 386 g/mol. The molecule has 0 radical (unpaired) electrons. The van der Waals surface area contributed by atoms with E-state index < -0.39 is 29.5 Å². The number of rotatable bonds is 10. The zero-order valence-electron chi connectivity index (χ0n) is 19.3. The van der Waals surface area contributed by atoms with E-state index in [0.29, 0.717) is 31.1 Å². The maximum absolute atomic E-state index is 12.8. The molecule has 7 heteroatoms. The van der Waals surface area contributed by atoms with Gasteiger partial charge in [-0.05, 0) is 43.4 Å². The lowest BCUT2D eigenvalue weighted by atomic mass is 9.64. The summed E-state index contributed by atoms with van der Waals surface area (Å²) in [6.07, 6.45) is 0.930. The zero-order chi connectivity index (χ0) is 22.7. The molecule has 0 aromatic heterocycles. The number of carbonyl (C=O) groups is 1. The highest BCUT2D eigenvalue weighted by Crippen LogP contribution is 2.48. The van der Waals surface area contributed by atoms with Gasteiger partial charge in [0, 0.05) is 0 Å². The first-order valence-electron chi connectivity index (χ1n) is 11.0. The second-order valence-electron chi connectivity index (χ2n) is 10.8. The predicted octanol–water partition coefficient (Wildman–Crippen LogP) is 3.38. The molecule has 7 nitrogen and oxygen atoms in total. The van der Waals surface area contributed by atoms with Crippen molar-refractivity contribution in [2.45, 2.75) is 92.3 Å². The fourth-order valence-electron chi connectivity index (χ4n) is 4.22. The van der Waals surface area contributed by atoms with Gasteiger partial charge in [-0.1, -0.05) is 47.5 Å². The Morgan fingerprint density at radius 1 is 1.30 bits per heavy atom. The van der Waals surface area contributed by atoms with Crippen LogP contribution in [0, 0.1) is 39.4 Å². The molecule has 1 saturated carbocycles. The number of ether oxygens (including phenoxy) is 3. The van der Waals surface area contributed by atoms with E-state index in [0.717, 1.165) is 12.8 Å². The molecule has 2 aliphatic rings. The topological polar surface area (TPSA) is 109 Å². The highest BCUT2D eigenvalue weighted by Gasteiger charge is 2.51. The van der Waals surface area contributed by atoms with E-state index in [1.807, 2.05) is 27.7 Å². The van der Waals surface area contributed by atoms with Crippen molar-refractivity contribution in [2.24, 2.45) is 28.1 Å². The SMILES string of the molecule is CC(C)CC(C)(C(=O)OCC(O)OCC1CC(C#N)(CC2CC2)C(O)O1)C(C)(C)C. The third kappa shape index (κ3) is 5.94. The highest BCUT2D eigenvalue weighted by molar-refractivity contribution is 5.77. The molecule has 5 unspecified atom stereocenters. The van der Waals surface area contributed by atoms with Crippen LogP contribution in [0.25, 0.3) is 0 Å². The van der Waals surface area contributed by atoms with Crippen LogP contribution in [0.15, 0.2) is 0 Å². The van der Waals surface area contributed by atoms with Crippen LogP contribution >= 0.6 is 0 Å². The molecule has 1 saturated heterocycles. The van der Waals surface area contributed by atoms with Gasteiger partial charge in [-0.3, -0.25) is 4.79 Å². The second kappa shape index (κ2) is 9.52. The molecule has 1 heterocycles. The predicted molar refractivity (Wildman–Crippen MR) is 111 cm³/mol. The van der Waals surface area contributed by atoms with Crippen LogP contribution in [0.3, 0.4) is 0 Å². The Morgan fingerprint density at radius 3 is 2.43 bits per heavy atom. The summed E-state index contributed by atoms with van der Waals surface area (Å²) in [6.45, 7) is 11.8. The van der Waals surface area contributed by atoms with Gasteiger partial charge in [-0.15, -0.1) is 0 Å². The minimum Gasteiger partial charge on any atom is -0.460 e. The molecule has 0 aromatic rings. The van der Waals surface area contributed by atoms with Crippen molar-refractivity contribution in [2.75, 3.05) is 13.2 Å². The standard InChI is InChI=1S/C23H39NO6/c1-15(2)9-22(6,21(3,4)5)19(26)29-13-18(25)28-12-17-11-23(14-24,20(27)30-17)10-16-7-8-16/h15-18,20,25,27H,7-13H2,1-6H3. The highest BCUT2D eigenvalue weighted by atomic mass is 16.7. The number of nitrogens with zero attached hydrogens (tertiary/aromatic N) is 1. The van der Waals surface area contributed by atoms with Crippen LogP contribution in [-0.4, -0.2) is 48.1 Å². The first-order chi connectivity index (χ1) is 13.8. The van der Waals surface area contributed by atoms with Crippen LogP contribution in [0.4, 0.5) is 0 Å². The fraction of sp³-hybridized carbons (Fsp3) is 0.913. The van der Waals surface area contributed by atoms with Gasteiger partial charge in [0.1, 0.15) is 12.0 Å². The molecule has 5 atom stereocenters. The third-order valence-electron chi connectivity index (χ3n) is 6.71. The summed E-state index contributed by atoms with van der Waals surface area (Å²) >= 11 is 0. The summed E-state index contributed by atoms with van der Waals surface area (Å²) in [5, 5.41) is 29.9. The maximum atomic E-state index is 12.8. The van der Waals surface area contributed by atoms with Crippen molar-refractivity contribution in [3.05, 3.63) is 0 Å². The van der Waals surface area contributed by atoms with Crippen molar-refractivity contribution in [1.82, 2.24) is 0 Å². The lowest BCUT2D eigenvalue weighted by Crippen LogP contribution is -2.43. The van der Waals surface area contributed by atoms with Gasteiger partial charge in [-0.2, -0.15) is 5.26 Å². The van der Waals surface area contributed by atoms with Gasteiger partial charge in [0.05, 0.1) is 24.2 Å². The van der Waals surface area contributed by atoms with Crippen LogP contribution in [0.2, 0.25) is 0 Å². The molecule has 1 aliphatic heterocycles. The summed E-state index contributed by atoms with van der Waals surface area (Å²) in [5.74, 6) is 0.451. The zero-order valence-corrected chi connectivity index (χ0v) is 19.3. The average Bonchev–Trinajstić information content (AvgIpc) is 3.39. The van der Waals surface area contributed by atoms with E-state index in [2.05, 4.69) is 19.9 Å². The van der Waals surface area contributed by atoms with E-state index in [1.165, 1.54) is 0 Å². The Labute approximate surface area is 180 Å². The number of aliphatic hydroxyl groups is 2. The average molecular weight is 426 g/mol. The van der Waals surface area contributed by atoms with Gasteiger partial charge in [0.25, 0.3) is 0 Å². The fourth-order valence-corrected chi connectivity index (χ4v) is 4.22. The molecule has 30 heavy (non-hydrogen) atoms. The van der Waals surface area contributed by atoms with E-state index in [4.69, 9.17) is 14.2 Å². The van der Waals surface area contributed by atoms with Crippen LogP contribution in [0.5, 0.6) is 0 Å². The smallest absolute Gasteiger partial charge is 0.312 e. The number of esters is 1. The third-order valence-corrected chi connectivity index (χ3v) is 6.71. The van der Waals surface area contributed by atoms with Crippen LogP contribution in [0.1, 0.15) is 73.6 Å². The molecule has 2 fully saturated rings. The van der Waals surface area contributed by atoms with Crippen LogP contribution in [-0.2, 0) is 19.0 Å². The lowest BCUT2D eigenvalue weighted by Gasteiger charge is -2.41. The molecule has 0 aromatic carbocycles. The maximum Gasteiger partial charge on any atom is 0.312 e. The summed E-state index contributed by atoms with van der Waals surface area (Å²) in [7, 11) is 0. The molecular formula is C23H39NO6. The first kappa shape index (κ1) is 25.1. The van der Waals surface area contributed by atoms with Gasteiger partial charge >= 0.3 is 5.97 Å². The van der Waals surface area contributed by atoms with Crippen molar-refractivity contribution in [3.63, 3.8) is 0 Å². The van der Waals surface area contributed by atoms with E-state index in [-0.39, 0.29) is 24.6 Å². The van der Waals surface area contributed by atoms with Crippen molar-refractivity contribution in [3.8, 4) is 6.07 Å². The largest absolute Gasteiger partial charge is 0.460 e. The summed E-state index contributed by atoms with van der Waals surface area (Å²) < 4.78 is 16.3. The molecule has 2 N–H and O–H groups in total. The quantitative estimate of drug-likeness (QED) is 0.408. The Balaban J connectivity index is 1.82. The Hall–Kier alpha value is -1.20. The van der Waals surface area contributed by atoms with Gasteiger partial charge in [0.15, 0.2) is 12.6 Å². The normalized spacial score (nSPS) is 30.0. The summed E-state index contributed by atoms with van der Waals surface area (Å²) in [5.41, 5.74) is -1.89. The van der Waals surface area contributed by atoms with Gasteiger partial charge in [0.2, 0.25) is 0 Å². The summed E-state index contributed by atoms with van der Waals surface area (Å²) in [4.78, 5) is 12.8. The molecule has 1 aliphatic carbocycles. The van der Waals surface area contributed by atoms with Crippen molar-refractivity contribution >= 4 is 5.97 Å². The molecule has 0 bridgehead atoms. The van der Waals surface area contributed by atoms with Crippen molar-refractivity contribution in [1.29, 1.82) is 5.26 Å². The number of hydrogen-bond acceptors (Lipinski definition) is 7. The monoisotopic (exact) mass is 425 g/mol. The molecule has 172 valence electrons. The van der Waals surface area contributed by atoms with E-state index in [9.17, 15) is 20.3 Å². The molecule has 0 amide bonds.